The van der Waals surface area contributed by atoms with Crippen molar-refractivity contribution in [1.29, 1.82) is 0 Å². The van der Waals surface area contributed by atoms with Crippen molar-refractivity contribution in [2.75, 3.05) is 19.8 Å². The molecule has 0 spiro atoms. The van der Waals surface area contributed by atoms with Gasteiger partial charge in [0.1, 0.15) is 24.9 Å². The Kier molecular flexibility index (Phi) is 14.8. The van der Waals surface area contributed by atoms with Gasteiger partial charge in [-0.3, -0.25) is 4.79 Å². The Balaban J connectivity index is 1.29. The average Bonchev–Trinajstić information content (AvgIpc) is 3.73. The van der Waals surface area contributed by atoms with E-state index in [1.165, 1.54) is 6.92 Å². The maximum Gasteiger partial charge on any atom is 0.338 e. The lowest BCUT2D eigenvalue weighted by atomic mass is 9.85. The highest BCUT2D eigenvalue weighted by Gasteiger charge is 2.56. The Hall–Kier alpha value is -4.19. The maximum atomic E-state index is 13.7. The summed E-state index contributed by atoms with van der Waals surface area (Å²) in [6.07, 6.45) is -8.71. The fourth-order valence-corrected chi connectivity index (χ4v) is 14.1. The number of rotatable bonds is 14. The summed E-state index contributed by atoms with van der Waals surface area (Å²) in [5, 5.41) is 17.5. The maximum absolute atomic E-state index is 13.7. The number of aliphatic hydroxyl groups is 1. The van der Waals surface area contributed by atoms with Crippen molar-refractivity contribution in [1.82, 2.24) is 0 Å². The van der Waals surface area contributed by atoms with Gasteiger partial charge in [0.15, 0.2) is 25.0 Å². The lowest BCUT2D eigenvalue weighted by Crippen LogP contribution is -2.68. The van der Waals surface area contributed by atoms with Crippen LogP contribution < -0.4 is 10.4 Å². The van der Waals surface area contributed by atoms with Gasteiger partial charge in [0.25, 0.3) is 8.32 Å². The van der Waals surface area contributed by atoms with Crippen LogP contribution in [-0.2, 0) is 47.1 Å². The van der Waals surface area contributed by atoms with E-state index in [0.717, 1.165) is 10.4 Å². The largest absolute Gasteiger partial charge is 0.463 e. The summed E-state index contributed by atoms with van der Waals surface area (Å²) >= 11 is 0. The molecule has 3 aromatic carbocycles. The van der Waals surface area contributed by atoms with Crippen molar-refractivity contribution in [3.8, 4) is 0 Å². The summed E-state index contributed by atoms with van der Waals surface area (Å²) in [5.74, 6) is -2.53. The molecule has 7 unspecified atom stereocenters. The van der Waals surface area contributed by atoms with Gasteiger partial charge in [-0.15, -0.1) is 0 Å². The first-order valence-electron chi connectivity index (χ1n) is 21.9. The number of azide groups is 1. The minimum absolute atomic E-state index is 0.00309. The molecule has 4 aliphatic heterocycles. The zero-order valence-corrected chi connectivity index (χ0v) is 38.2. The first-order chi connectivity index (χ1) is 30.1. The van der Waals surface area contributed by atoms with Crippen LogP contribution in [0.25, 0.3) is 10.4 Å². The molecule has 4 fully saturated rings. The van der Waals surface area contributed by atoms with Crippen LogP contribution in [0.2, 0.25) is 5.04 Å². The molecule has 15 nitrogen and oxygen atoms in total. The number of benzene rings is 3. The second kappa shape index (κ2) is 19.9. The number of nitrogens with zero attached hydrogens (tertiary/aromatic N) is 3. The van der Waals surface area contributed by atoms with Crippen LogP contribution in [0.1, 0.15) is 65.7 Å². The molecule has 1 N–H and O–H groups in total. The highest BCUT2D eigenvalue weighted by molar-refractivity contribution is 6.99. The van der Waals surface area contributed by atoms with Crippen LogP contribution in [0.4, 0.5) is 0 Å². The molecule has 15 atom stereocenters. The number of carbonyl (C=O) groups excluding carboxylic acids is 2. The quantitative estimate of drug-likeness (QED) is 0.0665. The van der Waals surface area contributed by atoms with E-state index in [9.17, 15) is 20.2 Å². The van der Waals surface area contributed by atoms with Gasteiger partial charge in [0.2, 0.25) is 0 Å². The monoisotopic (exact) mass is 887 g/mol. The van der Waals surface area contributed by atoms with Crippen molar-refractivity contribution in [3.63, 3.8) is 0 Å². The number of hydrogen-bond donors (Lipinski definition) is 1. The van der Waals surface area contributed by atoms with Crippen molar-refractivity contribution in [2.24, 2.45) is 28.8 Å². The number of esters is 2. The highest BCUT2D eigenvalue weighted by atomic mass is 28.4. The summed E-state index contributed by atoms with van der Waals surface area (Å²) in [7, 11) is -3.17. The smallest absolute Gasteiger partial charge is 0.338 e. The fraction of sp³-hybridized carbons (Fsp3) is 0.574. The molecule has 0 amide bonds. The number of carbonyl (C=O) groups is 2. The molecule has 0 radical (unpaired) electrons. The van der Waals surface area contributed by atoms with Crippen molar-refractivity contribution >= 4 is 30.6 Å². The minimum atomic E-state index is -3.17. The van der Waals surface area contributed by atoms with Crippen LogP contribution in [0.5, 0.6) is 0 Å². The lowest BCUT2D eigenvalue weighted by Gasteiger charge is -2.50. The Bertz CT molecular complexity index is 2000. The normalized spacial score (nSPS) is 34.4. The van der Waals surface area contributed by atoms with E-state index >= 15 is 0 Å². The zero-order valence-electron chi connectivity index (χ0n) is 37.2. The third-order valence-electron chi connectivity index (χ3n) is 13.3. The topological polar surface area (TPSA) is 186 Å². The van der Waals surface area contributed by atoms with Gasteiger partial charge >= 0.3 is 11.9 Å². The summed E-state index contributed by atoms with van der Waals surface area (Å²) in [5.41, 5.74) is 10.3. The molecule has 2 bridgehead atoms. The molecule has 4 heterocycles. The van der Waals surface area contributed by atoms with Gasteiger partial charge in [-0.25, -0.2) is 4.79 Å². The predicted octanol–water partition coefficient (Wildman–Crippen LogP) is 5.91. The van der Waals surface area contributed by atoms with E-state index in [1.54, 1.807) is 37.3 Å². The van der Waals surface area contributed by atoms with Crippen LogP contribution in [0, 0.1) is 23.7 Å². The number of hydrogen-bond acceptors (Lipinski definition) is 13. The van der Waals surface area contributed by atoms with Crippen LogP contribution in [-0.4, -0.2) is 113 Å². The standard InChI is InChI=1S/C47H61N3O12Si/c1-27-28(2)44-55-25-36(58-44)40(27)61-45-38(49-50-48)29(3)41(37(59-45)26-56-63(47(6,7)8,33-20-14-10-15-21-33)34-22-16-11-17-23-34)62-46-42(60-43(53)32-18-12-9-13-19-32)30(4)39(52)35(57-46)24-54-31(5)51/h9-23,27-30,35-42,44-46,52H,24-26H2,1-8H3/t27-,28+,29-,30+,35?,36?,37?,38?,39+,40?,41+,42?,44?,45-,46+/m1/s1. The molecule has 0 aliphatic carbocycles. The number of ether oxygens (including phenoxy) is 8. The third kappa shape index (κ3) is 9.76. The Labute approximate surface area is 370 Å². The second-order valence-electron chi connectivity index (χ2n) is 18.3. The number of aliphatic hydroxyl groups excluding tert-OH is 1. The Morgan fingerprint density at radius 1 is 0.762 bits per heavy atom. The van der Waals surface area contributed by atoms with E-state index in [-0.39, 0.29) is 37.4 Å². The van der Waals surface area contributed by atoms with E-state index in [4.69, 9.17) is 42.3 Å². The van der Waals surface area contributed by atoms with Gasteiger partial charge in [-0.1, -0.05) is 132 Å². The van der Waals surface area contributed by atoms with Gasteiger partial charge < -0.3 is 47.4 Å². The molecule has 63 heavy (non-hydrogen) atoms. The Morgan fingerprint density at radius 2 is 1.35 bits per heavy atom. The lowest BCUT2D eigenvalue weighted by molar-refractivity contribution is -0.342. The van der Waals surface area contributed by atoms with E-state index in [1.807, 2.05) is 43.3 Å². The molecule has 340 valence electrons. The Morgan fingerprint density at radius 3 is 1.94 bits per heavy atom. The fourth-order valence-electron chi connectivity index (χ4n) is 9.54. The van der Waals surface area contributed by atoms with E-state index in [2.05, 4.69) is 68.9 Å². The molecule has 4 aliphatic rings. The third-order valence-corrected chi connectivity index (χ3v) is 18.3. The van der Waals surface area contributed by atoms with Gasteiger partial charge in [0.05, 0.1) is 43.1 Å². The first-order valence-corrected chi connectivity index (χ1v) is 23.8. The van der Waals surface area contributed by atoms with Crippen molar-refractivity contribution in [2.45, 2.75) is 128 Å². The average molecular weight is 888 g/mol. The molecule has 0 aromatic heterocycles. The first kappa shape index (κ1) is 46.8. The predicted molar refractivity (Wildman–Crippen MR) is 233 cm³/mol. The zero-order chi connectivity index (χ0) is 45.1. The van der Waals surface area contributed by atoms with Crippen molar-refractivity contribution in [3.05, 3.63) is 107 Å². The van der Waals surface area contributed by atoms with Gasteiger partial charge in [0, 0.05) is 23.7 Å². The molecule has 0 saturated carbocycles. The minimum Gasteiger partial charge on any atom is -0.463 e. The van der Waals surface area contributed by atoms with Crippen molar-refractivity contribution < 1.29 is 57.0 Å². The molecule has 7 rings (SSSR count). The van der Waals surface area contributed by atoms with Gasteiger partial charge in [-0.05, 0) is 44.9 Å². The molecular weight excluding hydrogens is 827 g/mol. The SMILES string of the molecule is CC(=O)OCC1O[C@@H](O[C@@H]2C(CO[Si](c3ccccc3)(c3ccccc3)C(C)(C)C)O[C@H](OC3C4COC(O4)[C@@H](C)[C@H]3C)C(N=[N+]=[N-])[C@H]2C)C(OC(=O)c2ccccc2)[C@@H](C)[C@@H]1O. The molecule has 16 heteroatoms. The summed E-state index contributed by atoms with van der Waals surface area (Å²) < 4.78 is 58.4. The van der Waals surface area contributed by atoms with E-state index in [0.29, 0.717) is 12.2 Å². The van der Waals surface area contributed by atoms with Crippen LogP contribution >= 0.6 is 0 Å². The van der Waals surface area contributed by atoms with Crippen LogP contribution in [0.3, 0.4) is 0 Å². The summed E-state index contributed by atoms with van der Waals surface area (Å²) in [6, 6.07) is 28.0. The summed E-state index contributed by atoms with van der Waals surface area (Å²) in [6.45, 7) is 15.6. The molecule has 3 aromatic rings. The summed E-state index contributed by atoms with van der Waals surface area (Å²) in [4.78, 5) is 28.9. The molecule has 4 saturated heterocycles. The van der Waals surface area contributed by atoms with E-state index < -0.39 is 92.4 Å². The molecular formula is C47H61N3O12Si. The van der Waals surface area contributed by atoms with Gasteiger partial charge in [-0.2, -0.15) is 0 Å². The number of fused-ring (bicyclic) bond motifs is 2. The van der Waals surface area contributed by atoms with Crippen LogP contribution in [0.15, 0.2) is 96.1 Å². The highest BCUT2D eigenvalue weighted by Crippen LogP contribution is 2.43. The second-order valence-corrected chi connectivity index (χ2v) is 22.6.